The predicted octanol–water partition coefficient (Wildman–Crippen LogP) is 1.03. The predicted molar refractivity (Wildman–Crippen MR) is 52.3 cm³/mol. The van der Waals surface area contributed by atoms with Crippen LogP contribution in [0.25, 0.3) is 0 Å². The van der Waals surface area contributed by atoms with Crippen molar-refractivity contribution < 1.29 is 23.9 Å². The van der Waals surface area contributed by atoms with E-state index in [0.29, 0.717) is 0 Å². The fourth-order valence-electron chi connectivity index (χ4n) is 0.862. The van der Waals surface area contributed by atoms with Crippen molar-refractivity contribution in [2.45, 2.75) is 32.3 Å². The van der Waals surface area contributed by atoms with Crippen LogP contribution < -0.4 is 0 Å². The lowest BCUT2D eigenvalue weighted by Crippen LogP contribution is -2.46. The summed E-state index contributed by atoms with van der Waals surface area (Å²) in [4.78, 5) is 33.4. The van der Waals surface area contributed by atoms with E-state index in [9.17, 15) is 14.4 Å². The van der Waals surface area contributed by atoms with Crippen LogP contribution in [-0.2, 0) is 23.9 Å². The molecule has 0 aliphatic heterocycles. The summed E-state index contributed by atoms with van der Waals surface area (Å²) in [7, 11) is 0. The van der Waals surface area contributed by atoms with Gasteiger partial charge in [0.2, 0.25) is 5.78 Å². The number of rotatable bonds is 5. The highest BCUT2D eigenvalue weighted by molar-refractivity contribution is 6.44. The number of carbonyl (C=O) groups excluding carboxylic acids is 3. The van der Waals surface area contributed by atoms with Gasteiger partial charge in [0.1, 0.15) is 0 Å². The van der Waals surface area contributed by atoms with Gasteiger partial charge in [-0.15, -0.1) is 0 Å². The lowest BCUT2D eigenvalue weighted by atomic mass is 10.2. The number of alkyl halides is 1. The van der Waals surface area contributed by atoms with Crippen LogP contribution in [0.4, 0.5) is 0 Å². The first kappa shape index (κ1) is 13.9. The average Bonchev–Trinajstić information content (AvgIpc) is 2.15. The number of hydrogen-bond donors (Lipinski definition) is 0. The maximum Gasteiger partial charge on any atom is 0.375 e. The summed E-state index contributed by atoms with van der Waals surface area (Å²) in [6, 6.07) is 0. The highest BCUT2D eigenvalue weighted by atomic mass is 35.5. The minimum Gasteiger partial charge on any atom is -0.462 e. The smallest absolute Gasteiger partial charge is 0.375 e. The molecule has 0 fully saturated rings. The average molecular weight is 237 g/mol. The Kier molecular flexibility index (Phi) is 5.28. The van der Waals surface area contributed by atoms with Gasteiger partial charge in [-0.1, -0.05) is 18.5 Å². The molecule has 6 heteroatoms. The molecule has 0 heterocycles. The summed E-state index contributed by atoms with van der Waals surface area (Å²) in [5.41, 5.74) is 0. The number of carbonyl (C=O) groups is 3. The third-order valence-corrected chi connectivity index (χ3v) is 1.94. The maximum atomic E-state index is 11.4. The van der Waals surface area contributed by atoms with Crippen LogP contribution in [0.5, 0.6) is 0 Å². The van der Waals surface area contributed by atoms with Crippen LogP contribution in [-0.4, -0.2) is 29.4 Å². The molecule has 86 valence electrons. The number of ether oxygens (including phenoxy) is 2. The van der Waals surface area contributed by atoms with Gasteiger partial charge in [-0.25, -0.2) is 4.79 Å². The Morgan fingerprint density at radius 2 is 1.80 bits per heavy atom. The number of Topliss-reactive ketones (excluding diaryl/α,β-unsaturated/α-hetero) is 1. The van der Waals surface area contributed by atoms with Crippen molar-refractivity contribution in [3.8, 4) is 0 Å². The first-order valence-electron chi connectivity index (χ1n) is 4.47. The Bertz CT molecular complexity index is 276. The monoisotopic (exact) mass is 236 g/mol. The van der Waals surface area contributed by atoms with E-state index in [1.807, 2.05) is 0 Å². The Balaban J connectivity index is 4.92. The molecule has 5 nitrogen and oxygen atoms in total. The maximum absolute atomic E-state index is 11.4. The van der Waals surface area contributed by atoms with Crippen molar-refractivity contribution in [3.05, 3.63) is 0 Å². The van der Waals surface area contributed by atoms with Crippen molar-refractivity contribution in [2.75, 3.05) is 6.61 Å². The lowest BCUT2D eigenvalue weighted by molar-refractivity contribution is -0.174. The van der Waals surface area contributed by atoms with Crippen molar-refractivity contribution in [1.29, 1.82) is 0 Å². The zero-order chi connectivity index (χ0) is 12.1. The molecule has 0 saturated carbocycles. The second-order valence-electron chi connectivity index (χ2n) is 2.69. The summed E-state index contributed by atoms with van der Waals surface area (Å²) in [6.07, 6.45) is -0.0321. The topological polar surface area (TPSA) is 69.7 Å². The van der Waals surface area contributed by atoms with E-state index < -0.39 is 22.8 Å². The Hall–Kier alpha value is -1.10. The number of hydrogen-bond acceptors (Lipinski definition) is 5. The van der Waals surface area contributed by atoms with Crippen LogP contribution in [0.2, 0.25) is 0 Å². The van der Waals surface area contributed by atoms with Crippen LogP contribution >= 0.6 is 11.6 Å². The second kappa shape index (κ2) is 5.70. The molecule has 15 heavy (non-hydrogen) atoms. The fraction of sp³-hybridized carbons (Fsp3) is 0.667. The molecule has 1 atom stereocenters. The summed E-state index contributed by atoms with van der Waals surface area (Å²) in [5.74, 6) is -2.59. The molecule has 0 rings (SSSR count). The van der Waals surface area contributed by atoms with E-state index in [2.05, 4.69) is 9.47 Å². The van der Waals surface area contributed by atoms with Gasteiger partial charge < -0.3 is 9.47 Å². The van der Waals surface area contributed by atoms with Gasteiger partial charge in [0.25, 0.3) is 0 Å². The molecule has 0 saturated heterocycles. The first-order chi connectivity index (χ1) is 6.88. The van der Waals surface area contributed by atoms with Crippen molar-refractivity contribution in [1.82, 2.24) is 0 Å². The van der Waals surface area contributed by atoms with Gasteiger partial charge in [0.05, 0.1) is 6.61 Å². The van der Waals surface area contributed by atoms with Gasteiger partial charge in [-0.2, -0.15) is 0 Å². The summed E-state index contributed by atoms with van der Waals surface area (Å²) in [6.45, 7) is 4.16. The summed E-state index contributed by atoms with van der Waals surface area (Å²) in [5, 5.41) is -2.34. The van der Waals surface area contributed by atoms with Crippen molar-refractivity contribution in [2.24, 2.45) is 0 Å². The van der Waals surface area contributed by atoms with E-state index in [1.54, 1.807) is 6.92 Å². The zero-order valence-corrected chi connectivity index (χ0v) is 9.59. The molecule has 0 spiro atoms. The van der Waals surface area contributed by atoms with Gasteiger partial charge >= 0.3 is 17.0 Å². The molecule has 0 radical (unpaired) electrons. The van der Waals surface area contributed by atoms with E-state index >= 15 is 0 Å². The molecular formula is C9H13ClO5. The SMILES string of the molecule is CCOC(=O)[C@@](Cl)(OC(C)=O)C(=O)CC. The van der Waals surface area contributed by atoms with Gasteiger partial charge in [-0.05, 0) is 6.92 Å². The Morgan fingerprint density at radius 1 is 1.27 bits per heavy atom. The molecule has 0 amide bonds. The van der Waals surface area contributed by atoms with E-state index in [4.69, 9.17) is 11.6 Å². The minimum atomic E-state index is -2.34. The molecule has 0 aromatic rings. The number of ketones is 1. The molecule has 0 aromatic heterocycles. The van der Waals surface area contributed by atoms with Gasteiger partial charge in [-0.3, -0.25) is 9.59 Å². The lowest BCUT2D eigenvalue weighted by Gasteiger charge is -2.21. The minimum absolute atomic E-state index is 0.0321. The Labute approximate surface area is 92.7 Å². The normalized spacial score (nSPS) is 13.9. The third kappa shape index (κ3) is 3.51. The second-order valence-corrected chi connectivity index (χ2v) is 3.22. The van der Waals surface area contributed by atoms with Crippen LogP contribution in [0.15, 0.2) is 0 Å². The van der Waals surface area contributed by atoms with E-state index in [1.165, 1.54) is 6.92 Å². The van der Waals surface area contributed by atoms with Crippen LogP contribution in [0, 0.1) is 0 Å². The van der Waals surface area contributed by atoms with Crippen LogP contribution in [0.1, 0.15) is 27.2 Å². The number of esters is 2. The number of halogens is 1. The highest BCUT2D eigenvalue weighted by Gasteiger charge is 2.48. The largest absolute Gasteiger partial charge is 0.462 e. The zero-order valence-electron chi connectivity index (χ0n) is 8.83. The molecule has 0 N–H and O–H groups in total. The Morgan fingerprint density at radius 3 is 2.13 bits per heavy atom. The standard InChI is InChI=1S/C9H13ClO5/c1-4-7(12)9(10,15-6(3)11)8(13)14-5-2/h4-5H2,1-3H3/t9-/m0/s1. The molecule has 0 unspecified atom stereocenters. The highest BCUT2D eigenvalue weighted by Crippen LogP contribution is 2.22. The van der Waals surface area contributed by atoms with Crippen molar-refractivity contribution in [3.63, 3.8) is 0 Å². The third-order valence-electron chi connectivity index (χ3n) is 1.50. The molecule has 0 aliphatic carbocycles. The summed E-state index contributed by atoms with van der Waals surface area (Å²) < 4.78 is 9.07. The van der Waals surface area contributed by atoms with Gasteiger partial charge in [0, 0.05) is 13.3 Å². The van der Waals surface area contributed by atoms with E-state index in [0.717, 1.165) is 6.92 Å². The molecule has 0 aliphatic rings. The van der Waals surface area contributed by atoms with E-state index in [-0.39, 0.29) is 13.0 Å². The molecular weight excluding hydrogens is 224 g/mol. The molecule has 0 bridgehead atoms. The van der Waals surface area contributed by atoms with Crippen molar-refractivity contribution >= 4 is 29.3 Å². The summed E-state index contributed by atoms with van der Waals surface area (Å²) >= 11 is 5.65. The van der Waals surface area contributed by atoms with Gasteiger partial charge in [0.15, 0.2) is 0 Å². The molecule has 0 aromatic carbocycles. The van der Waals surface area contributed by atoms with Crippen LogP contribution in [0.3, 0.4) is 0 Å². The first-order valence-corrected chi connectivity index (χ1v) is 4.85. The quantitative estimate of drug-likeness (QED) is 0.405. The fourth-order valence-corrected chi connectivity index (χ4v) is 1.16.